The summed E-state index contributed by atoms with van der Waals surface area (Å²) in [5.41, 5.74) is 1.20. The summed E-state index contributed by atoms with van der Waals surface area (Å²) in [5, 5.41) is 2.86. The Labute approximate surface area is 148 Å². The van der Waals surface area contributed by atoms with Crippen LogP contribution >= 0.6 is 0 Å². The fourth-order valence-electron chi connectivity index (χ4n) is 2.19. The number of benzene rings is 2. The molecule has 1 N–H and O–H groups in total. The van der Waals surface area contributed by atoms with E-state index in [2.05, 4.69) is 19.2 Å². The first-order valence-corrected chi connectivity index (χ1v) is 8.38. The van der Waals surface area contributed by atoms with E-state index in [1.54, 1.807) is 37.4 Å². The Morgan fingerprint density at radius 2 is 1.76 bits per heavy atom. The predicted molar refractivity (Wildman–Crippen MR) is 98.9 cm³/mol. The van der Waals surface area contributed by atoms with E-state index in [9.17, 15) is 4.79 Å². The SMILES string of the molecule is CCOc1ccc(NC(=O)c2ccc(OCC(C)C)c(OC)c2)cc1. The van der Waals surface area contributed by atoms with E-state index in [-0.39, 0.29) is 5.91 Å². The van der Waals surface area contributed by atoms with Crippen LogP contribution in [0.15, 0.2) is 42.5 Å². The Morgan fingerprint density at radius 3 is 2.36 bits per heavy atom. The van der Waals surface area contributed by atoms with Crippen molar-refractivity contribution < 1.29 is 19.0 Å². The third kappa shape index (κ3) is 5.41. The highest BCUT2D eigenvalue weighted by molar-refractivity contribution is 6.04. The van der Waals surface area contributed by atoms with Crippen molar-refractivity contribution in [2.75, 3.05) is 25.6 Å². The lowest BCUT2D eigenvalue weighted by Crippen LogP contribution is -2.12. The summed E-state index contributed by atoms with van der Waals surface area (Å²) in [7, 11) is 1.56. The molecule has 0 spiro atoms. The number of rotatable bonds is 8. The van der Waals surface area contributed by atoms with Gasteiger partial charge in [-0.15, -0.1) is 0 Å². The zero-order valence-corrected chi connectivity index (χ0v) is 15.2. The van der Waals surface area contributed by atoms with Crippen molar-refractivity contribution in [3.8, 4) is 17.2 Å². The van der Waals surface area contributed by atoms with Crippen LogP contribution in [0.5, 0.6) is 17.2 Å². The summed E-state index contributed by atoms with van der Waals surface area (Å²) >= 11 is 0. The topological polar surface area (TPSA) is 56.8 Å². The molecule has 0 bridgehead atoms. The predicted octanol–water partition coefficient (Wildman–Crippen LogP) is 4.38. The molecule has 0 fully saturated rings. The van der Waals surface area contributed by atoms with Crippen molar-refractivity contribution >= 4 is 11.6 Å². The van der Waals surface area contributed by atoms with Gasteiger partial charge in [-0.3, -0.25) is 4.79 Å². The molecule has 2 aromatic carbocycles. The summed E-state index contributed by atoms with van der Waals surface area (Å²) in [6.45, 7) is 7.28. The molecule has 0 aliphatic rings. The lowest BCUT2D eigenvalue weighted by atomic mass is 10.1. The molecular weight excluding hydrogens is 318 g/mol. The number of nitrogens with one attached hydrogen (secondary N) is 1. The molecule has 5 heteroatoms. The molecule has 0 aromatic heterocycles. The van der Waals surface area contributed by atoms with Crippen LogP contribution in [0.4, 0.5) is 5.69 Å². The largest absolute Gasteiger partial charge is 0.494 e. The zero-order valence-electron chi connectivity index (χ0n) is 15.2. The van der Waals surface area contributed by atoms with Gasteiger partial charge in [-0.05, 0) is 55.3 Å². The van der Waals surface area contributed by atoms with Gasteiger partial charge in [0.15, 0.2) is 11.5 Å². The highest BCUT2D eigenvalue weighted by atomic mass is 16.5. The third-order valence-corrected chi connectivity index (χ3v) is 3.42. The van der Waals surface area contributed by atoms with E-state index in [1.165, 1.54) is 0 Å². The number of carbonyl (C=O) groups excluding carboxylic acids is 1. The summed E-state index contributed by atoms with van der Waals surface area (Å²) in [6.07, 6.45) is 0. The van der Waals surface area contributed by atoms with Crippen molar-refractivity contribution in [2.24, 2.45) is 5.92 Å². The number of hydrogen-bond donors (Lipinski definition) is 1. The quantitative estimate of drug-likeness (QED) is 0.773. The van der Waals surface area contributed by atoms with Gasteiger partial charge in [-0.25, -0.2) is 0 Å². The average molecular weight is 343 g/mol. The second-order valence-corrected chi connectivity index (χ2v) is 5.98. The molecule has 0 radical (unpaired) electrons. The lowest BCUT2D eigenvalue weighted by molar-refractivity contribution is 0.102. The lowest BCUT2D eigenvalue weighted by Gasteiger charge is -2.13. The molecule has 2 aromatic rings. The van der Waals surface area contributed by atoms with E-state index >= 15 is 0 Å². The van der Waals surface area contributed by atoms with E-state index < -0.39 is 0 Å². The van der Waals surface area contributed by atoms with Gasteiger partial charge in [0, 0.05) is 11.3 Å². The Hall–Kier alpha value is -2.69. The zero-order chi connectivity index (χ0) is 18.2. The minimum absolute atomic E-state index is 0.210. The van der Waals surface area contributed by atoms with Crippen LogP contribution in [-0.4, -0.2) is 26.2 Å². The van der Waals surface area contributed by atoms with Crippen LogP contribution in [0.25, 0.3) is 0 Å². The molecule has 0 aliphatic carbocycles. The van der Waals surface area contributed by atoms with Gasteiger partial charge in [0.25, 0.3) is 5.91 Å². The second-order valence-electron chi connectivity index (χ2n) is 5.98. The number of amides is 1. The maximum absolute atomic E-state index is 12.4. The Balaban J connectivity index is 2.08. The van der Waals surface area contributed by atoms with Crippen LogP contribution in [0.2, 0.25) is 0 Å². The summed E-state index contributed by atoms with van der Waals surface area (Å²) in [6, 6.07) is 12.4. The molecule has 0 saturated carbocycles. The number of methoxy groups -OCH3 is 1. The molecule has 0 unspecified atom stereocenters. The van der Waals surface area contributed by atoms with Crippen molar-refractivity contribution in [3.05, 3.63) is 48.0 Å². The first-order valence-electron chi connectivity index (χ1n) is 8.38. The van der Waals surface area contributed by atoms with Crippen LogP contribution in [0.3, 0.4) is 0 Å². The van der Waals surface area contributed by atoms with Crippen molar-refractivity contribution in [1.82, 2.24) is 0 Å². The van der Waals surface area contributed by atoms with Gasteiger partial charge in [0.05, 0.1) is 20.3 Å². The highest BCUT2D eigenvalue weighted by Crippen LogP contribution is 2.29. The van der Waals surface area contributed by atoms with Gasteiger partial charge >= 0.3 is 0 Å². The van der Waals surface area contributed by atoms with Crippen LogP contribution < -0.4 is 19.5 Å². The third-order valence-electron chi connectivity index (χ3n) is 3.42. The van der Waals surface area contributed by atoms with Crippen LogP contribution in [0.1, 0.15) is 31.1 Å². The van der Waals surface area contributed by atoms with Crippen molar-refractivity contribution in [1.29, 1.82) is 0 Å². The van der Waals surface area contributed by atoms with Gasteiger partial charge in [-0.1, -0.05) is 13.8 Å². The van der Waals surface area contributed by atoms with E-state index in [1.807, 2.05) is 19.1 Å². The standard InChI is InChI=1S/C20H25NO4/c1-5-24-17-9-7-16(8-10-17)21-20(22)15-6-11-18(19(12-15)23-4)25-13-14(2)3/h6-12,14H,5,13H2,1-4H3,(H,21,22). The Kier molecular flexibility index (Phi) is 6.69. The van der Waals surface area contributed by atoms with Crippen LogP contribution in [0, 0.1) is 5.92 Å². The minimum atomic E-state index is -0.210. The molecule has 134 valence electrons. The number of ether oxygens (including phenoxy) is 3. The second kappa shape index (κ2) is 8.97. The molecule has 0 aliphatic heterocycles. The Morgan fingerprint density at radius 1 is 1.04 bits per heavy atom. The maximum atomic E-state index is 12.4. The molecule has 0 atom stereocenters. The highest BCUT2D eigenvalue weighted by Gasteiger charge is 2.12. The number of carbonyl (C=O) groups is 1. The van der Waals surface area contributed by atoms with Gasteiger partial charge < -0.3 is 19.5 Å². The minimum Gasteiger partial charge on any atom is -0.494 e. The molecule has 0 saturated heterocycles. The summed E-state index contributed by atoms with van der Waals surface area (Å²) in [5.74, 6) is 2.15. The summed E-state index contributed by atoms with van der Waals surface area (Å²) in [4.78, 5) is 12.4. The van der Waals surface area contributed by atoms with E-state index in [4.69, 9.17) is 14.2 Å². The van der Waals surface area contributed by atoms with Gasteiger partial charge in [0.2, 0.25) is 0 Å². The van der Waals surface area contributed by atoms with Crippen LogP contribution in [-0.2, 0) is 0 Å². The molecule has 2 rings (SSSR count). The van der Waals surface area contributed by atoms with Gasteiger partial charge in [-0.2, -0.15) is 0 Å². The molecule has 1 amide bonds. The first-order chi connectivity index (χ1) is 12.0. The number of anilines is 1. The van der Waals surface area contributed by atoms with E-state index in [0.717, 1.165) is 5.75 Å². The van der Waals surface area contributed by atoms with Gasteiger partial charge in [0.1, 0.15) is 5.75 Å². The molecular formula is C20H25NO4. The normalized spacial score (nSPS) is 10.4. The fourth-order valence-corrected chi connectivity index (χ4v) is 2.19. The number of hydrogen-bond acceptors (Lipinski definition) is 4. The van der Waals surface area contributed by atoms with Crippen molar-refractivity contribution in [2.45, 2.75) is 20.8 Å². The smallest absolute Gasteiger partial charge is 0.255 e. The molecule has 5 nitrogen and oxygen atoms in total. The Bertz CT molecular complexity index is 695. The first kappa shape index (κ1) is 18.6. The monoisotopic (exact) mass is 343 g/mol. The molecule has 25 heavy (non-hydrogen) atoms. The summed E-state index contributed by atoms with van der Waals surface area (Å²) < 4.78 is 16.4. The van der Waals surface area contributed by atoms with Crippen molar-refractivity contribution in [3.63, 3.8) is 0 Å². The fraction of sp³-hybridized carbons (Fsp3) is 0.350. The maximum Gasteiger partial charge on any atom is 0.255 e. The molecule has 0 heterocycles. The average Bonchev–Trinajstić information content (AvgIpc) is 2.61. The van der Waals surface area contributed by atoms with E-state index in [0.29, 0.717) is 41.9 Å².